The zero-order chi connectivity index (χ0) is 18.4. The Hall–Kier alpha value is -3.67. The molecule has 0 spiro atoms. The molecule has 26 heavy (non-hydrogen) atoms. The average molecular weight is 346 g/mol. The van der Waals surface area contributed by atoms with Gasteiger partial charge in [0.2, 0.25) is 5.91 Å². The fourth-order valence-corrected chi connectivity index (χ4v) is 2.55. The average Bonchev–Trinajstić information content (AvgIpc) is 2.68. The summed E-state index contributed by atoms with van der Waals surface area (Å²) in [4.78, 5) is 27.9. The van der Waals surface area contributed by atoms with Crippen LogP contribution >= 0.6 is 0 Å². The molecule has 0 saturated heterocycles. The van der Waals surface area contributed by atoms with Crippen molar-refractivity contribution >= 4 is 17.6 Å². The summed E-state index contributed by atoms with van der Waals surface area (Å²) in [6.07, 6.45) is 3.45. The second-order valence-electron chi connectivity index (χ2n) is 5.66. The number of carbonyl (C=O) groups is 2. The van der Waals surface area contributed by atoms with Gasteiger partial charge in [0.15, 0.2) is 0 Å². The Bertz CT molecular complexity index is 881. The number of hydrogen-bond donors (Lipinski definition) is 3. The Kier molecular flexibility index (Phi) is 5.24. The number of urea groups is 1. The maximum Gasteiger partial charge on any atom is 0.320 e. The second kappa shape index (κ2) is 7.94. The Labute approximate surface area is 151 Å². The maximum atomic E-state index is 12.2. The third kappa shape index (κ3) is 4.24. The minimum absolute atomic E-state index is 0.505. The maximum absolute atomic E-state index is 12.2. The van der Waals surface area contributed by atoms with E-state index >= 15 is 0 Å². The van der Waals surface area contributed by atoms with Crippen LogP contribution in [0.25, 0.3) is 11.1 Å². The van der Waals surface area contributed by atoms with Gasteiger partial charge in [-0.15, -0.1) is 0 Å². The molecule has 0 aliphatic rings. The van der Waals surface area contributed by atoms with Gasteiger partial charge < -0.3 is 16.4 Å². The van der Waals surface area contributed by atoms with Crippen LogP contribution < -0.4 is 16.4 Å². The van der Waals surface area contributed by atoms with Crippen LogP contribution in [-0.4, -0.2) is 16.9 Å². The van der Waals surface area contributed by atoms with E-state index in [-0.39, 0.29) is 0 Å². The first-order chi connectivity index (χ1) is 12.6. The van der Waals surface area contributed by atoms with Crippen LogP contribution in [-0.2, 0) is 4.79 Å². The van der Waals surface area contributed by atoms with Gasteiger partial charge in [0.1, 0.15) is 6.04 Å². The van der Waals surface area contributed by atoms with E-state index in [1.54, 1.807) is 48.8 Å². The molecule has 1 aromatic heterocycles. The highest BCUT2D eigenvalue weighted by Crippen LogP contribution is 2.20. The summed E-state index contributed by atoms with van der Waals surface area (Å²) in [5.41, 5.74) is 8.69. The van der Waals surface area contributed by atoms with Crippen LogP contribution in [0.2, 0.25) is 0 Å². The van der Waals surface area contributed by atoms with Crippen molar-refractivity contribution in [2.24, 2.45) is 5.73 Å². The quantitative estimate of drug-likeness (QED) is 0.662. The summed E-state index contributed by atoms with van der Waals surface area (Å²) in [7, 11) is 0. The molecule has 0 unspecified atom stereocenters. The molecule has 3 amide bonds. The van der Waals surface area contributed by atoms with Gasteiger partial charge >= 0.3 is 6.03 Å². The van der Waals surface area contributed by atoms with Crippen molar-refractivity contribution in [2.75, 3.05) is 5.32 Å². The highest BCUT2D eigenvalue weighted by molar-refractivity contribution is 5.94. The Morgan fingerprint density at radius 2 is 1.46 bits per heavy atom. The molecule has 6 nitrogen and oxygen atoms in total. The first-order valence-electron chi connectivity index (χ1n) is 8.06. The SMILES string of the molecule is NC(=O)[C@H](NC(=O)Nc1ccc(-c2ccncc2)cc1)c1ccccc1. The summed E-state index contributed by atoms with van der Waals surface area (Å²) in [5.74, 6) is -0.626. The van der Waals surface area contributed by atoms with E-state index in [1.165, 1.54) is 0 Å². The third-order valence-electron chi connectivity index (χ3n) is 3.85. The molecule has 0 fully saturated rings. The number of nitrogens with two attached hydrogens (primary N) is 1. The van der Waals surface area contributed by atoms with Crippen molar-refractivity contribution in [2.45, 2.75) is 6.04 Å². The van der Waals surface area contributed by atoms with E-state index < -0.39 is 18.0 Å². The van der Waals surface area contributed by atoms with Crippen molar-refractivity contribution in [1.29, 1.82) is 0 Å². The number of hydrogen-bond acceptors (Lipinski definition) is 3. The largest absolute Gasteiger partial charge is 0.368 e. The summed E-state index contributed by atoms with van der Waals surface area (Å²) in [6.45, 7) is 0. The molecule has 2 aromatic carbocycles. The molecule has 0 aliphatic carbocycles. The van der Waals surface area contributed by atoms with Gasteiger partial charge in [0.05, 0.1) is 0 Å². The minimum atomic E-state index is -0.896. The lowest BCUT2D eigenvalue weighted by Crippen LogP contribution is -2.39. The number of carbonyl (C=O) groups excluding carboxylic acids is 2. The van der Waals surface area contributed by atoms with E-state index in [9.17, 15) is 9.59 Å². The zero-order valence-corrected chi connectivity index (χ0v) is 13.9. The molecule has 4 N–H and O–H groups in total. The van der Waals surface area contributed by atoms with E-state index in [4.69, 9.17) is 5.73 Å². The fraction of sp³-hybridized carbons (Fsp3) is 0.0500. The first-order valence-corrected chi connectivity index (χ1v) is 8.06. The van der Waals surface area contributed by atoms with Gasteiger partial charge in [-0.2, -0.15) is 0 Å². The fourth-order valence-electron chi connectivity index (χ4n) is 2.55. The Balaban J connectivity index is 1.67. The number of nitrogens with zero attached hydrogens (tertiary/aromatic N) is 1. The summed E-state index contributed by atoms with van der Waals surface area (Å²) >= 11 is 0. The minimum Gasteiger partial charge on any atom is -0.368 e. The van der Waals surface area contributed by atoms with Gasteiger partial charge in [-0.1, -0.05) is 42.5 Å². The van der Waals surface area contributed by atoms with Crippen LogP contribution in [0.3, 0.4) is 0 Å². The third-order valence-corrected chi connectivity index (χ3v) is 3.85. The molecule has 6 heteroatoms. The van der Waals surface area contributed by atoms with Crippen LogP contribution in [0.4, 0.5) is 10.5 Å². The number of pyridine rings is 1. The molecule has 0 bridgehead atoms. The molecule has 1 heterocycles. The Morgan fingerprint density at radius 3 is 2.08 bits per heavy atom. The normalized spacial score (nSPS) is 11.4. The van der Waals surface area contributed by atoms with Gasteiger partial charge in [-0.05, 0) is 41.0 Å². The predicted octanol–water partition coefficient (Wildman–Crippen LogP) is 3.10. The summed E-state index contributed by atoms with van der Waals surface area (Å²) in [5, 5.41) is 5.30. The van der Waals surface area contributed by atoms with Crippen LogP contribution in [0, 0.1) is 0 Å². The Morgan fingerprint density at radius 1 is 0.846 bits per heavy atom. The molecule has 1 atom stereocenters. The predicted molar refractivity (Wildman–Crippen MR) is 100 cm³/mol. The smallest absolute Gasteiger partial charge is 0.320 e. The van der Waals surface area contributed by atoms with E-state index in [1.807, 2.05) is 30.3 Å². The van der Waals surface area contributed by atoms with Gasteiger partial charge in [-0.25, -0.2) is 4.79 Å². The van der Waals surface area contributed by atoms with Crippen LogP contribution in [0.5, 0.6) is 0 Å². The lowest BCUT2D eigenvalue weighted by atomic mass is 10.1. The molecule has 3 rings (SSSR count). The van der Waals surface area contributed by atoms with Crippen molar-refractivity contribution < 1.29 is 9.59 Å². The zero-order valence-electron chi connectivity index (χ0n) is 13.9. The van der Waals surface area contributed by atoms with Crippen LogP contribution in [0.1, 0.15) is 11.6 Å². The molecular weight excluding hydrogens is 328 g/mol. The van der Waals surface area contributed by atoms with Gasteiger partial charge in [0, 0.05) is 18.1 Å². The molecule has 130 valence electrons. The molecule has 0 radical (unpaired) electrons. The molecule has 0 aliphatic heterocycles. The highest BCUT2D eigenvalue weighted by Gasteiger charge is 2.19. The number of aromatic nitrogens is 1. The lowest BCUT2D eigenvalue weighted by molar-refractivity contribution is -0.119. The number of nitrogens with one attached hydrogen (secondary N) is 2. The summed E-state index contributed by atoms with van der Waals surface area (Å²) < 4.78 is 0. The van der Waals surface area contributed by atoms with Crippen molar-refractivity contribution in [3.63, 3.8) is 0 Å². The standard InChI is InChI=1S/C20H18N4O2/c21-19(25)18(16-4-2-1-3-5-16)24-20(26)23-17-8-6-14(7-9-17)15-10-12-22-13-11-15/h1-13,18H,(H2,21,25)(H2,23,24,26)/t18-/m1/s1. The van der Waals surface area contributed by atoms with Crippen molar-refractivity contribution in [3.05, 3.63) is 84.7 Å². The van der Waals surface area contributed by atoms with Crippen molar-refractivity contribution in [1.82, 2.24) is 10.3 Å². The lowest BCUT2D eigenvalue weighted by Gasteiger charge is -2.16. The first kappa shape index (κ1) is 17.2. The topological polar surface area (TPSA) is 97.1 Å². The number of benzene rings is 2. The van der Waals surface area contributed by atoms with E-state index in [2.05, 4.69) is 15.6 Å². The highest BCUT2D eigenvalue weighted by atomic mass is 16.2. The molecule has 0 saturated carbocycles. The second-order valence-corrected chi connectivity index (χ2v) is 5.66. The summed E-state index contributed by atoms with van der Waals surface area (Å²) in [6, 6.07) is 18.6. The van der Waals surface area contributed by atoms with E-state index in [0.717, 1.165) is 11.1 Å². The number of primary amides is 1. The molecule has 3 aromatic rings. The van der Waals surface area contributed by atoms with E-state index in [0.29, 0.717) is 11.3 Å². The number of amides is 3. The number of rotatable bonds is 5. The van der Waals surface area contributed by atoms with Gasteiger partial charge in [0.25, 0.3) is 0 Å². The van der Waals surface area contributed by atoms with Crippen LogP contribution in [0.15, 0.2) is 79.1 Å². The van der Waals surface area contributed by atoms with Gasteiger partial charge in [-0.3, -0.25) is 9.78 Å². The van der Waals surface area contributed by atoms with Crippen molar-refractivity contribution in [3.8, 4) is 11.1 Å². The monoisotopic (exact) mass is 346 g/mol. The molecular formula is C20H18N4O2. The number of anilines is 1.